The number of nitrogens with zero attached hydrogens (tertiary/aromatic N) is 1. The summed E-state index contributed by atoms with van der Waals surface area (Å²) in [5, 5.41) is 2.94. The van der Waals surface area contributed by atoms with Gasteiger partial charge < -0.3 is 10.1 Å². The number of ether oxygens (including phenoxy) is 1. The first-order valence-electron chi connectivity index (χ1n) is 7.98. The zero-order valence-corrected chi connectivity index (χ0v) is 13.6. The lowest BCUT2D eigenvalue weighted by atomic mass is 10.1. The molecule has 1 heterocycles. The van der Waals surface area contributed by atoms with Crippen LogP contribution in [0.5, 0.6) is 0 Å². The van der Waals surface area contributed by atoms with E-state index in [0.717, 1.165) is 44.8 Å². The van der Waals surface area contributed by atoms with Crippen molar-refractivity contribution in [3.05, 3.63) is 41.0 Å². The summed E-state index contributed by atoms with van der Waals surface area (Å²) in [6.45, 7) is 9.52. The van der Waals surface area contributed by atoms with Gasteiger partial charge in [0.05, 0.1) is 13.2 Å². The summed E-state index contributed by atoms with van der Waals surface area (Å²) in [6.07, 6.45) is 4.47. The second-order valence-corrected chi connectivity index (χ2v) is 5.79. The van der Waals surface area contributed by atoms with Gasteiger partial charge in [-0.3, -0.25) is 9.69 Å². The predicted octanol–water partition coefficient (Wildman–Crippen LogP) is 2.16. The molecule has 1 fully saturated rings. The first kappa shape index (κ1) is 16.7. The number of benzene rings is 1. The van der Waals surface area contributed by atoms with Crippen LogP contribution >= 0.6 is 0 Å². The van der Waals surface area contributed by atoms with E-state index in [2.05, 4.69) is 36.2 Å². The van der Waals surface area contributed by atoms with E-state index in [1.54, 1.807) is 6.08 Å². The van der Waals surface area contributed by atoms with Gasteiger partial charge in [0.2, 0.25) is 5.91 Å². The van der Waals surface area contributed by atoms with Crippen molar-refractivity contribution in [2.45, 2.75) is 20.3 Å². The summed E-state index contributed by atoms with van der Waals surface area (Å²) in [7, 11) is 0. The number of amides is 1. The van der Waals surface area contributed by atoms with Crippen LogP contribution in [0, 0.1) is 13.8 Å². The van der Waals surface area contributed by atoms with E-state index in [1.807, 2.05) is 12.1 Å². The number of nitrogens with one attached hydrogen (secondary N) is 1. The molecule has 1 aromatic carbocycles. The maximum Gasteiger partial charge on any atom is 0.243 e. The van der Waals surface area contributed by atoms with E-state index in [0.29, 0.717) is 6.54 Å². The number of rotatable bonds is 6. The van der Waals surface area contributed by atoms with Crippen LogP contribution in [0.15, 0.2) is 24.3 Å². The van der Waals surface area contributed by atoms with E-state index in [1.165, 1.54) is 11.1 Å². The number of carbonyl (C=O) groups is 1. The molecule has 1 aliphatic rings. The number of aryl methyl sites for hydroxylation is 2. The Hall–Kier alpha value is -1.65. The molecule has 22 heavy (non-hydrogen) atoms. The topological polar surface area (TPSA) is 41.6 Å². The number of hydrogen-bond donors (Lipinski definition) is 1. The molecule has 120 valence electrons. The highest BCUT2D eigenvalue weighted by Gasteiger charge is 2.09. The molecule has 0 bridgehead atoms. The fraction of sp³-hybridized carbons (Fsp3) is 0.500. The van der Waals surface area contributed by atoms with Crippen molar-refractivity contribution in [1.29, 1.82) is 0 Å². The standard InChI is InChI=1S/C18H26N2O2/c1-15-4-5-17(16(2)14-15)6-7-18(21)19-8-3-9-20-10-12-22-13-11-20/h4-7,14H,3,8-13H2,1-2H3,(H,19,21)/b7-6+. The normalized spacial score (nSPS) is 16.1. The Balaban J connectivity index is 1.67. The SMILES string of the molecule is Cc1ccc(/C=C/C(=O)NCCCN2CCOCC2)c(C)c1. The van der Waals surface area contributed by atoms with Gasteiger partial charge in [-0.1, -0.05) is 23.8 Å². The molecular formula is C18H26N2O2. The monoisotopic (exact) mass is 302 g/mol. The molecule has 0 saturated carbocycles. The minimum absolute atomic E-state index is 0.0260. The Kier molecular flexibility index (Phi) is 6.62. The van der Waals surface area contributed by atoms with Crippen molar-refractivity contribution in [1.82, 2.24) is 10.2 Å². The third-order valence-corrected chi connectivity index (χ3v) is 3.89. The van der Waals surface area contributed by atoms with Crippen LogP contribution in [0.25, 0.3) is 6.08 Å². The third kappa shape index (κ3) is 5.62. The van der Waals surface area contributed by atoms with Gasteiger partial charge in [0, 0.05) is 25.7 Å². The minimum Gasteiger partial charge on any atom is -0.379 e. The second-order valence-electron chi connectivity index (χ2n) is 5.79. The molecule has 0 unspecified atom stereocenters. The molecule has 0 aliphatic carbocycles. The highest BCUT2D eigenvalue weighted by Crippen LogP contribution is 2.11. The molecule has 1 amide bonds. The summed E-state index contributed by atoms with van der Waals surface area (Å²) in [4.78, 5) is 14.2. The van der Waals surface area contributed by atoms with Gasteiger partial charge in [0.25, 0.3) is 0 Å². The van der Waals surface area contributed by atoms with Crippen LogP contribution < -0.4 is 5.32 Å². The first-order chi connectivity index (χ1) is 10.6. The summed E-state index contributed by atoms with van der Waals surface area (Å²) < 4.78 is 5.31. The van der Waals surface area contributed by atoms with E-state index in [4.69, 9.17) is 4.74 Å². The van der Waals surface area contributed by atoms with Crippen LogP contribution in [-0.2, 0) is 9.53 Å². The lowest BCUT2D eigenvalue weighted by Gasteiger charge is -2.26. The van der Waals surface area contributed by atoms with Crippen LogP contribution in [0.4, 0.5) is 0 Å². The largest absolute Gasteiger partial charge is 0.379 e. The van der Waals surface area contributed by atoms with Crippen LogP contribution in [0.1, 0.15) is 23.1 Å². The summed E-state index contributed by atoms with van der Waals surface area (Å²) in [6, 6.07) is 6.24. The van der Waals surface area contributed by atoms with Crippen molar-refractivity contribution >= 4 is 12.0 Å². The Labute approximate surface area is 133 Å². The average molecular weight is 302 g/mol. The molecule has 4 nitrogen and oxygen atoms in total. The molecule has 0 radical (unpaired) electrons. The van der Waals surface area contributed by atoms with Gasteiger partial charge in [-0.15, -0.1) is 0 Å². The molecule has 4 heteroatoms. The number of morpholine rings is 1. The minimum atomic E-state index is -0.0260. The van der Waals surface area contributed by atoms with Gasteiger partial charge in [0.1, 0.15) is 0 Å². The molecule has 1 N–H and O–H groups in total. The highest BCUT2D eigenvalue weighted by atomic mass is 16.5. The van der Waals surface area contributed by atoms with Gasteiger partial charge in [0.15, 0.2) is 0 Å². The molecule has 0 aromatic heterocycles. The van der Waals surface area contributed by atoms with Crippen molar-refractivity contribution < 1.29 is 9.53 Å². The van der Waals surface area contributed by atoms with Crippen LogP contribution in [0.2, 0.25) is 0 Å². The maximum atomic E-state index is 11.8. The zero-order chi connectivity index (χ0) is 15.8. The van der Waals surface area contributed by atoms with Crippen molar-refractivity contribution in [2.24, 2.45) is 0 Å². The molecule has 1 aliphatic heterocycles. The molecular weight excluding hydrogens is 276 g/mol. The van der Waals surface area contributed by atoms with E-state index < -0.39 is 0 Å². The van der Waals surface area contributed by atoms with E-state index >= 15 is 0 Å². The smallest absolute Gasteiger partial charge is 0.243 e. The van der Waals surface area contributed by atoms with E-state index in [-0.39, 0.29) is 5.91 Å². The van der Waals surface area contributed by atoms with Crippen molar-refractivity contribution in [3.63, 3.8) is 0 Å². The van der Waals surface area contributed by atoms with Gasteiger partial charge in [-0.05, 0) is 44.0 Å². The van der Waals surface area contributed by atoms with Crippen LogP contribution in [0.3, 0.4) is 0 Å². The second kappa shape index (κ2) is 8.71. The summed E-state index contributed by atoms with van der Waals surface area (Å²) in [5.41, 5.74) is 3.52. The molecule has 2 rings (SSSR count). The Bertz CT molecular complexity index is 520. The Morgan fingerprint density at radius 3 is 2.82 bits per heavy atom. The molecule has 0 atom stereocenters. The quantitative estimate of drug-likeness (QED) is 0.647. The predicted molar refractivity (Wildman–Crippen MR) is 89.8 cm³/mol. The van der Waals surface area contributed by atoms with Gasteiger partial charge in [-0.25, -0.2) is 0 Å². The molecule has 0 spiro atoms. The first-order valence-corrected chi connectivity index (χ1v) is 7.98. The van der Waals surface area contributed by atoms with E-state index in [9.17, 15) is 4.79 Å². The van der Waals surface area contributed by atoms with Gasteiger partial charge in [-0.2, -0.15) is 0 Å². The molecule has 1 saturated heterocycles. The number of carbonyl (C=O) groups excluding carboxylic acids is 1. The third-order valence-electron chi connectivity index (χ3n) is 3.89. The van der Waals surface area contributed by atoms with Crippen molar-refractivity contribution in [2.75, 3.05) is 39.4 Å². The highest BCUT2D eigenvalue weighted by molar-refractivity contribution is 5.91. The van der Waals surface area contributed by atoms with Gasteiger partial charge >= 0.3 is 0 Å². The lowest BCUT2D eigenvalue weighted by molar-refractivity contribution is -0.116. The summed E-state index contributed by atoms with van der Waals surface area (Å²) >= 11 is 0. The van der Waals surface area contributed by atoms with Crippen LogP contribution in [-0.4, -0.2) is 50.2 Å². The van der Waals surface area contributed by atoms with Crippen molar-refractivity contribution in [3.8, 4) is 0 Å². The average Bonchev–Trinajstić information content (AvgIpc) is 2.52. The Morgan fingerprint density at radius 2 is 2.09 bits per heavy atom. The maximum absolute atomic E-state index is 11.8. The Morgan fingerprint density at radius 1 is 1.32 bits per heavy atom. The zero-order valence-electron chi connectivity index (χ0n) is 13.6. The molecule has 1 aromatic rings. The fourth-order valence-electron chi connectivity index (χ4n) is 2.58. The lowest BCUT2D eigenvalue weighted by Crippen LogP contribution is -2.38. The number of hydrogen-bond acceptors (Lipinski definition) is 3. The summed E-state index contributed by atoms with van der Waals surface area (Å²) in [5.74, 6) is -0.0260. The fourth-order valence-corrected chi connectivity index (χ4v) is 2.58.